The number of nitrogens with zero attached hydrogens (tertiary/aromatic N) is 1. The molecule has 1 heterocycles. The minimum atomic E-state index is -3.59. The molecule has 142 valence electrons. The molecule has 0 unspecified atom stereocenters. The van der Waals surface area contributed by atoms with Crippen LogP contribution in [0.15, 0.2) is 47.1 Å². The van der Waals surface area contributed by atoms with Crippen LogP contribution in [0, 0.1) is 0 Å². The number of sulfonamides is 1. The summed E-state index contributed by atoms with van der Waals surface area (Å²) < 4.78 is 30.3. The van der Waals surface area contributed by atoms with Crippen molar-refractivity contribution in [1.29, 1.82) is 0 Å². The summed E-state index contributed by atoms with van der Waals surface area (Å²) in [6.07, 6.45) is 3.49. The Bertz CT molecular complexity index is 810. The van der Waals surface area contributed by atoms with Crippen LogP contribution in [0.2, 0.25) is 5.02 Å². The summed E-state index contributed by atoms with van der Waals surface area (Å²) in [5.41, 5.74) is 0.365. The molecule has 0 saturated carbocycles. The molecule has 26 heavy (non-hydrogen) atoms. The number of benzene rings is 1. The van der Waals surface area contributed by atoms with E-state index in [0.29, 0.717) is 17.3 Å². The predicted octanol–water partition coefficient (Wildman–Crippen LogP) is 3.14. The first kappa shape index (κ1) is 20.7. The Balaban J connectivity index is 1.77. The van der Waals surface area contributed by atoms with Crippen molar-refractivity contribution in [3.8, 4) is 0 Å². The highest BCUT2D eigenvalue weighted by molar-refractivity contribution is 7.98. The largest absolute Gasteiger partial charge is 0.468 e. The minimum absolute atomic E-state index is 0.279. The minimum Gasteiger partial charge on any atom is -0.468 e. The van der Waals surface area contributed by atoms with Gasteiger partial charge in [0.25, 0.3) is 0 Å². The SMILES string of the molecule is CS(=O)(=O)N(CC(=O)NCCCSCc1ccco1)c1cccc(Cl)c1. The molecular weight excluding hydrogens is 396 g/mol. The summed E-state index contributed by atoms with van der Waals surface area (Å²) in [6.45, 7) is 0.204. The second-order valence-electron chi connectivity index (χ2n) is 5.58. The van der Waals surface area contributed by atoms with Gasteiger partial charge in [0.15, 0.2) is 0 Å². The Hall–Kier alpha value is -1.64. The highest BCUT2D eigenvalue weighted by atomic mass is 35.5. The monoisotopic (exact) mass is 416 g/mol. The molecule has 0 aliphatic heterocycles. The molecule has 0 radical (unpaired) electrons. The number of anilines is 1. The van der Waals surface area contributed by atoms with Crippen molar-refractivity contribution in [1.82, 2.24) is 5.32 Å². The lowest BCUT2D eigenvalue weighted by Crippen LogP contribution is -2.40. The molecule has 1 N–H and O–H groups in total. The molecular formula is C17H21ClN2O4S2. The molecule has 1 amide bonds. The third kappa shape index (κ3) is 6.93. The normalized spacial score (nSPS) is 11.3. The Morgan fingerprint density at radius 3 is 2.77 bits per heavy atom. The third-order valence-electron chi connectivity index (χ3n) is 3.40. The Morgan fingerprint density at radius 2 is 2.12 bits per heavy atom. The molecule has 1 aromatic heterocycles. The summed E-state index contributed by atoms with van der Waals surface area (Å²) in [5, 5.41) is 3.16. The molecule has 1 aromatic carbocycles. The molecule has 0 bridgehead atoms. The number of thioether (sulfide) groups is 1. The number of carbonyl (C=O) groups excluding carboxylic acids is 1. The van der Waals surface area contributed by atoms with Crippen LogP contribution in [0.1, 0.15) is 12.2 Å². The molecule has 2 rings (SSSR count). The zero-order valence-corrected chi connectivity index (χ0v) is 16.7. The quantitative estimate of drug-likeness (QED) is 0.602. The van der Waals surface area contributed by atoms with Gasteiger partial charge in [0, 0.05) is 11.6 Å². The highest BCUT2D eigenvalue weighted by Crippen LogP contribution is 2.21. The second-order valence-corrected chi connectivity index (χ2v) is 9.03. The van der Waals surface area contributed by atoms with E-state index >= 15 is 0 Å². The first-order valence-electron chi connectivity index (χ1n) is 7.96. The van der Waals surface area contributed by atoms with Gasteiger partial charge in [0.05, 0.1) is 24.0 Å². The van der Waals surface area contributed by atoms with Crippen LogP contribution < -0.4 is 9.62 Å². The average Bonchev–Trinajstić information content (AvgIpc) is 3.08. The van der Waals surface area contributed by atoms with Crippen LogP contribution in [0.5, 0.6) is 0 Å². The van der Waals surface area contributed by atoms with Crippen LogP contribution in [0.4, 0.5) is 5.69 Å². The van der Waals surface area contributed by atoms with E-state index < -0.39 is 10.0 Å². The van der Waals surface area contributed by atoms with Gasteiger partial charge in [-0.3, -0.25) is 9.10 Å². The summed E-state index contributed by atoms with van der Waals surface area (Å²) >= 11 is 7.63. The van der Waals surface area contributed by atoms with Crippen molar-refractivity contribution >= 4 is 45.0 Å². The molecule has 0 spiro atoms. The fourth-order valence-electron chi connectivity index (χ4n) is 2.19. The van der Waals surface area contributed by atoms with E-state index in [1.165, 1.54) is 6.07 Å². The molecule has 0 atom stereocenters. The van der Waals surface area contributed by atoms with E-state index in [1.54, 1.807) is 36.2 Å². The lowest BCUT2D eigenvalue weighted by atomic mass is 10.3. The van der Waals surface area contributed by atoms with Crippen LogP contribution in [-0.4, -0.2) is 39.4 Å². The molecule has 0 aliphatic rings. The zero-order valence-electron chi connectivity index (χ0n) is 14.4. The maximum absolute atomic E-state index is 12.1. The van der Waals surface area contributed by atoms with Gasteiger partial charge in [-0.15, -0.1) is 0 Å². The maximum atomic E-state index is 12.1. The van der Waals surface area contributed by atoms with Crippen molar-refractivity contribution in [3.63, 3.8) is 0 Å². The standard InChI is InChI=1S/C17H21ClN2O4S2/c1-26(22,23)20(15-6-2-5-14(18)11-15)12-17(21)19-8-4-10-25-13-16-7-3-9-24-16/h2-3,5-7,9,11H,4,8,10,12-13H2,1H3,(H,19,21). The van der Waals surface area contributed by atoms with E-state index in [0.717, 1.165) is 34.2 Å². The van der Waals surface area contributed by atoms with Crippen molar-refractivity contribution in [3.05, 3.63) is 53.4 Å². The van der Waals surface area contributed by atoms with Crippen molar-refractivity contribution < 1.29 is 17.6 Å². The van der Waals surface area contributed by atoms with Gasteiger partial charge in [-0.25, -0.2) is 8.42 Å². The van der Waals surface area contributed by atoms with Crippen LogP contribution in [0.3, 0.4) is 0 Å². The van der Waals surface area contributed by atoms with E-state index in [2.05, 4.69) is 5.32 Å². The number of hydrogen-bond acceptors (Lipinski definition) is 5. The van der Waals surface area contributed by atoms with Crippen LogP contribution in [0.25, 0.3) is 0 Å². The third-order valence-corrected chi connectivity index (χ3v) is 5.84. The number of carbonyl (C=O) groups is 1. The zero-order chi connectivity index (χ0) is 19.0. The Kier molecular flexibility index (Phi) is 7.86. The van der Waals surface area contributed by atoms with Crippen LogP contribution >= 0.6 is 23.4 Å². The van der Waals surface area contributed by atoms with Gasteiger partial charge in [-0.2, -0.15) is 11.8 Å². The summed E-state index contributed by atoms with van der Waals surface area (Å²) in [5.74, 6) is 2.22. The van der Waals surface area contributed by atoms with E-state index in [9.17, 15) is 13.2 Å². The van der Waals surface area contributed by atoms with Crippen molar-refractivity contribution in [2.75, 3.05) is 29.4 Å². The summed E-state index contributed by atoms with van der Waals surface area (Å²) in [6, 6.07) is 10.2. The second kappa shape index (κ2) is 9.89. The first-order valence-corrected chi connectivity index (χ1v) is 11.3. The molecule has 2 aromatic rings. The van der Waals surface area contributed by atoms with Gasteiger partial charge in [0.1, 0.15) is 12.3 Å². The lowest BCUT2D eigenvalue weighted by molar-refractivity contribution is -0.119. The van der Waals surface area contributed by atoms with Gasteiger partial charge in [-0.1, -0.05) is 17.7 Å². The summed E-state index contributed by atoms with van der Waals surface area (Å²) in [7, 11) is -3.59. The van der Waals surface area contributed by atoms with E-state index in [4.69, 9.17) is 16.0 Å². The molecule has 0 aliphatic carbocycles. The van der Waals surface area contributed by atoms with Crippen molar-refractivity contribution in [2.24, 2.45) is 0 Å². The van der Waals surface area contributed by atoms with Gasteiger partial charge >= 0.3 is 0 Å². The lowest BCUT2D eigenvalue weighted by Gasteiger charge is -2.22. The molecule has 6 nitrogen and oxygen atoms in total. The summed E-state index contributed by atoms with van der Waals surface area (Å²) in [4.78, 5) is 12.1. The number of furan rings is 1. The predicted molar refractivity (Wildman–Crippen MR) is 106 cm³/mol. The smallest absolute Gasteiger partial charge is 0.240 e. The number of nitrogens with one attached hydrogen (secondary N) is 1. The highest BCUT2D eigenvalue weighted by Gasteiger charge is 2.20. The van der Waals surface area contributed by atoms with Crippen molar-refractivity contribution in [2.45, 2.75) is 12.2 Å². The van der Waals surface area contributed by atoms with Gasteiger partial charge in [0.2, 0.25) is 15.9 Å². The molecule has 9 heteroatoms. The number of hydrogen-bond donors (Lipinski definition) is 1. The van der Waals surface area contributed by atoms with Gasteiger partial charge in [-0.05, 0) is 42.5 Å². The first-order chi connectivity index (χ1) is 12.4. The number of amides is 1. The fourth-order valence-corrected chi connectivity index (χ4v) is 4.08. The number of rotatable bonds is 10. The molecule has 0 saturated heterocycles. The average molecular weight is 417 g/mol. The van der Waals surface area contributed by atoms with Gasteiger partial charge < -0.3 is 9.73 Å². The van der Waals surface area contributed by atoms with E-state index in [1.807, 2.05) is 12.1 Å². The van der Waals surface area contributed by atoms with E-state index in [-0.39, 0.29) is 12.5 Å². The molecule has 0 fully saturated rings. The maximum Gasteiger partial charge on any atom is 0.240 e. The fraction of sp³-hybridized carbons (Fsp3) is 0.353. The van der Waals surface area contributed by atoms with Crippen LogP contribution in [-0.2, 0) is 20.6 Å². The number of halogens is 1. The Morgan fingerprint density at radius 1 is 1.31 bits per heavy atom. The Labute approximate surface area is 162 Å². The topological polar surface area (TPSA) is 79.6 Å².